The van der Waals surface area contributed by atoms with E-state index in [-0.39, 0.29) is 23.6 Å². The maximum Gasteiger partial charge on any atom is 0.311 e. The molecule has 110 valence electrons. The lowest BCUT2D eigenvalue weighted by Crippen LogP contribution is -2.37. The average Bonchev–Trinajstić information content (AvgIpc) is 2.39. The third kappa shape index (κ3) is 3.84. The van der Waals surface area contributed by atoms with E-state index in [9.17, 15) is 10.1 Å². The molecule has 0 aromatic heterocycles. The fourth-order valence-electron chi connectivity index (χ4n) is 2.18. The predicted octanol–water partition coefficient (Wildman–Crippen LogP) is 2.51. The van der Waals surface area contributed by atoms with E-state index in [0.29, 0.717) is 5.75 Å². The average molecular weight is 280 g/mol. The van der Waals surface area contributed by atoms with Gasteiger partial charge in [-0.25, -0.2) is 0 Å². The maximum absolute atomic E-state index is 11.0. The minimum atomic E-state index is -0.441. The largest absolute Gasteiger partial charge is 0.489 e. The first kappa shape index (κ1) is 14.6. The van der Waals surface area contributed by atoms with Crippen LogP contribution in [0.4, 0.5) is 5.69 Å². The molecule has 0 saturated carbocycles. The SMILES string of the molecule is CC(C)Oc1cc(O[C@H]2CCCNC2)ccc1[N+](=O)[O-]. The second kappa shape index (κ2) is 6.56. The van der Waals surface area contributed by atoms with Crippen LogP contribution in [0.5, 0.6) is 11.5 Å². The van der Waals surface area contributed by atoms with E-state index in [1.54, 1.807) is 12.1 Å². The molecule has 6 nitrogen and oxygen atoms in total. The molecule has 6 heteroatoms. The number of hydrogen-bond acceptors (Lipinski definition) is 5. The first-order valence-electron chi connectivity index (χ1n) is 6.88. The molecular weight excluding hydrogens is 260 g/mol. The monoisotopic (exact) mass is 280 g/mol. The maximum atomic E-state index is 11.0. The number of nitro groups is 1. The lowest BCUT2D eigenvalue weighted by Gasteiger charge is -2.24. The second-order valence-corrected chi connectivity index (χ2v) is 5.14. The van der Waals surface area contributed by atoms with Crippen molar-refractivity contribution in [3.05, 3.63) is 28.3 Å². The summed E-state index contributed by atoms with van der Waals surface area (Å²) in [6.45, 7) is 5.49. The molecular formula is C14H20N2O4. The zero-order valence-corrected chi connectivity index (χ0v) is 11.8. The van der Waals surface area contributed by atoms with Gasteiger partial charge in [-0.15, -0.1) is 0 Å². The highest BCUT2D eigenvalue weighted by molar-refractivity contribution is 5.50. The summed E-state index contributed by atoms with van der Waals surface area (Å²) >= 11 is 0. The Morgan fingerprint density at radius 2 is 2.25 bits per heavy atom. The molecule has 2 rings (SSSR count). The van der Waals surface area contributed by atoms with E-state index in [1.165, 1.54) is 6.07 Å². The van der Waals surface area contributed by atoms with E-state index >= 15 is 0 Å². The standard InChI is InChI=1S/C14H20N2O4/c1-10(2)19-14-8-11(5-6-13(14)16(17)18)20-12-4-3-7-15-9-12/h5-6,8,10,12,15H,3-4,7,9H2,1-2H3/t12-/m0/s1. The van der Waals surface area contributed by atoms with Crippen molar-refractivity contribution in [3.63, 3.8) is 0 Å². The minimum Gasteiger partial charge on any atom is -0.489 e. The van der Waals surface area contributed by atoms with Crippen LogP contribution in [0, 0.1) is 10.1 Å². The Balaban J connectivity index is 2.15. The minimum absolute atomic E-state index is 0.0344. The molecule has 1 aromatic rings. The molecule has 0 aliphatic carbocycles. The van der Waals surface area contributed by atoms with Crippen LogP contribution in [0.2, 0.25) is 0 Å². The summed E-state index contributed by atoms with van der Waals surface area (Å²) in [6.07, 6.45) is 2.05. The van der Waals surface area contributed by atoms with Gasteiger partial charge in [0.1, 0.15) is 11.9 Å². The summed E-state index contributed by atoms with van der Waals surface area (Å²) < 4.78 is 11.3. The van der Waals surface area contributed by atoms with Crippen molar-refractivity contribution in [2.24, 2.45) is 0 Å². The number of nitrogens with zero attached hydrogens (tertiary/aromatic N) is 1. The zero-order valence-electron chi connectivity index (χ0n) is 11.8. The Labute approximate surface area is 118 Å². The molecule has 1 heterocycles. The molecule has 1 aromatic carbocycles. The Kier molecular flexibility index (Phi) is 4.79. The van der Waals surface area contributed by atoms with Crippen LogP contribution < -0.4 is 14.8 Å². The number of rotatable bonds is 5. The Hall–Kier alpha value is -1.82. The Bertz CT molecular complexity index is 470. The van der Waals surface area contributed by atoms with E-state index < -0.39 is 4.92 Å². The molecule has 0 radical (unpaired) electrons. The van der Waals surface area contributed by atoms with Crippen molar-refractivity contribution in [2.45, 2.75) is 38.9 Å². The van der Waals surface area contributed by atoms with E-state index in [4.69, 9.17) is 9.47 Å². The molecule has 1 fully saturated rings. The molecule has 0 spiro atoms. The van der Waals surface area contributed by atoms with Crippen LogP contribution >= 0.6 is 0 Å². The van der Waals surface area contributed by atoms with Gasteiger partial charge < -0.3 is 14.8 Å². The normalized spacial score (nSPS) is 18.9. The van der Waals surface area contributed by atoms with Crippen molar-refractivity contribution in [3.8, 4) is 11.5 Å². The number of ether oxygens (including phenoxy) is 2. The van der Waals surface area contributed by atoms with Gasteiger partial charge in [-0.05, 0) is 39.3 Å². The number of hydrogen-bond donors (Lipinski definition) is 1. The highest BCUT2D eigenvalue weighted by Crippen LogP contribution is 2.32. The van der Waals surface area contributed by atoms with E-state index in [0.717, 1.165) is 25.9 Å². The van der Waals surface area contributed by atoms with Gasteiger partial charge in [0.25, 0.3) is 0 Å². The lowest BCUT2D eigenvalue weighted by molar-refractivity contribution is -0.386. The predicted molar refractivity (Wildman–Crippen MR) is 75.4 cm³/mol. The lowest BCUT2D eigenvalue weighted by atomic mass is 10.1. The van der Waals surface area contributed by atoms with Gasteiger partial charge >= 0.3 is 5.69 Å². The van der Waals surface area contributed by atoms with Crippen molar-refractivity contribution in [2.75, 3.05) is 13.1 Å². The van der Waals surface area contributed by atoms with Gasteiger partial charge in [0.15, 0.2) is 0 Å². The summed E-state index contributed by atoms with van der Waals surface area (Å²) in [6, 6.07) is 4.66. The topological polar surface area (TPSA) is 73.6 Å². The summed E-state index contributed by atoms with van der Waals surface area (Å²) in [5, 5.41) is 14.2. The van der Waals surface area contributed by atoms with Crippen LogP contribution in [0.15, 0.2) is 18.2 Å². The van der Waals surface area contributed by atoms with Gasteiger partial charge in [0.05, 0.1) is 11.0 Å². The molecule has 0 unspecified atom stereocenters. The summed E-state index contributed by atoms with van der Waals surface area (Å²) in [7, 11) is 0. The van der Waals surface area contributed by atoms with Gasteiger partial charge in [-0.1, -0.05) is 0 Å². The summed E-state index contributed by atoms with van der Waals surface area (Å²) in [5.74, 6) is 0.867. The molecule has 1 saturated heterocycles. The van der Waals surface area contributed by atoms with Gasteiger partial charge in [0, 0.05) is 18.7 Å². The second-order valence-electron chi connectivity index (χ2n) is 5.14. The molecule has 20 heavy (non-hydrogen) atoms. The smallest absolute Gasteiger partial charge is 0.311 e. The van der Waals surface area contributed by atoms with Gasteiger partial charge in [-0.2, -0.15) is 0 Å². The zero-order chi connectivity index (χ0) is 14.5. The fourth-order valence-corrected chi connectivity index (χ4v) is 2.18. The van der Waals surface area contributed by atoms with Crippen molar-refractivity contribution in [1.82, 2.24) is 5.32 Å². The highest BCUT2D eigenvalue weighted by atomic mass is 16.6. The first-order chi connectivity index (χ1) is 9.56. The van der Waals surface area contributed by atoms with Crippen LogP contribution in [-0.2, 0) is 0 Å². The van der Waals surface area contributed by atoms with E-state index in [1.807, 2.05) is 13.8 Å². The van der Waals surface area contributed by atoms with Crippen molar-refractivity contribution < 1.29 is 14.4 Å². The van der Waals surface area contributed by atoms with Gasteiger partial charge in [0.2, 0.25) is 5.75 Å². The fraction of sp³-hybridized carbons (Fsp3) is 0.571. The van der Waals surface area contributed by atoms with Crippen molar-refractivity contribution in [1.29, 1.82) is 0 Å². The van der Waals surface area contributed by atoms with Crippen LogP contribution in [-0.4, -0.2) is 30.2 Å². The molecule has 1 aliphatic rings. The molecule has 0 bridgehead atoms. The third-order valence-corrected chi connectivity index (χ3v) is 3.05. The summed E-state index contributed by atoms with van der Waals surface area (Å²) in [4.78, 5) is 10.5. The van der Waals surface area contributed by atoms with Gasteiger partial charge in [-0.3, -0.25) is 10.1 Å². The van der Waals surface area contributed by atoms with Crippen LogP contribution in [0.3, 0.4) is 0 Å². The molecule has 0 amide bonds. The Morgan fingerprint density at radius 1 is 1.45 bits per heavy atom. The number of benzene rings is 1. The number of nitro benzene ring substituents is 1. The molecule has 1 atom stereocenters. The van der Waals surface area contributed by atoms with E-state index in [2.05, 4.69) is 5.32 Å². The highest BCUT2D eigenvalue weighted by Gasteiger charge is 2.19. The molecule has 1 N–H and O–H groups in total. The van der Waals surface area contributed by atoms with Crippen LogP contribution in [0.1, 0.15) is 26.7 Å². The third-order valence-electron chi connectivity index (χ3n) is 3.05. The van der Waals surface area contributed by atoms with Crippen LogP contribution in [0.25, 0.3) is 0 Å². The van der Waals surface area contributed by atoms with Crippen molar-refractivity contribution >= 4 is 5.69 Å². The first-order valence-corrected chi connectivity index (χ1v) is 6.88. The number of nitrogens with one attached hydrogen (secondary N) is 1. The summed E-state index contributed by atoms with van der Waals surface area (Å²) in [5.41, 5.74) is -0.0344. The quantitative estimate of drug-likeness (QED) is 0.662. The Morgan fingerprint density at radius 3 is 2.85 bits per heavy atom. The number of piperidine rings is 1. The molecule has 1 aliphatic heterocycles.